The first kappa shape index (κ1) is 18.8. The second-order valence-electron chi connectivity index (χ2n) is 6.24. The molecule has 2 aromatic carbocycles. The molecule has 0 fully saturated rings. The third-order valence-electron chi connectivity index (χ3n) is 4.13. The average molecular weight is 383 g/mol. The van der Waals surface area contributed by atoms with Gasteiger partial charge in [-0.2, -0.15) is 0 Å². The number of carbonyl (C=O) groups excluding carboxylic acids is 1. The van der Waals surface area contributed by atoms with Gasteiger partial charge in [-0.15, -0.1) is 10.2 Å². The Bertz CT molecular complexity index is 969. The minimum absolute atomic E-state index is 0.136. The van der Waals surface area contributed by atoms with E-state index < -0.39 is 0 Å². The van der Waals surface area contributed by atoms with Crippen molar-refractivity contribution in [1.82, 2.24) is 14.8 Å². The highest BCUT2D eigenvalue weighted by molar-refractivity contribution is 8.00. The van der Waals surface area contributed by atoms with Crippen LogP contribution in [0.25, 0.3) is 11.4 Å². The summed E-state index contributed by atoms with van der Waals surface area (Å²) < 4.78 is 1.83. The summed E-state index contributed by atoms with van der Waals surface area (Å²) in [4.78, 5) is 12.5. The first-order valence-electron chi connectivity index (χ1n) is 8.37. The number of phenols is 1. The molecule has 0 bridgehead atoms. The van der Waals surface area contributed by atoms with E-state index in [1.54, 1.807) is 36.4 Å². The van der Waals surface area contributed by atoms with Crippen LogP contribution in [0.3, 0.4) is 0 Å². The predicted molar refractivity (Wildman–Crippen MR) is 108 cm³/mol. The number of aromatic hydroxyl groups is 1. The van der Waals surface area contributed by atoms with Gasteiger partial charge in [0, 0.05) is 24.0 Å². The number of carbonyl (C=O) groups is 1. The van der Waals surface area contributed by atoms with Crippen LogP contribution in [0.4, 0.5) is 11.4 Å². The van der Waals surface area contributed by atoms with Crippen LogP contribution in [0.2, 0.25) is 0 Å². The lowest BCUT2D eigenvalue weighted by Crippen LogP contribution is -2.23. The minimum atomic E-state index is -0.374. The van der Waals surface area contributed by atoms with Gasteiger partial charge in [0.2, 0.25) is 5.91 Å². The van der Waals surface area contributed by atoms with E-state index >= 15 is 0 Å². The van der Waals surface area contributed by atoms with Gasteiger partial charge in [-0.3, -0.25) is 4.79 Å². The van der Waals surface area contributed by atoms with Crippen LogP contribution in [-0.2, 0) is 11.8 Å². The van der Waals surface area contributed by atoms with E-state index in [1.807, 2.05) is 31.5 Å². The number of rotatable bonds is 5. The van der Waals surface area contributed by atoms with E-state index in [0.29, 0.717) is 22.4 Å². The lowest BCUT2D eigenvalue weighted by atomic mass is 10.2. The van der Waals surface area contributed by atoms with E-state index in [1.165, 1.54) is 11.8 Å². The molecular weight excluding hydrogens is 362 g/mol. The number of nitrogens with zero attached hydrogens (tertiary/aromatic N) is 3. The number of anilines is 2. The smallest absolute Gasteiger partial charge is 0.237 e. The Balaban J connectivity index is 1.72. The minimum Gasteiger partial charge on any atom is -0.508 e. The Morgan fingerprint density at radius 1 is 1.22 bits per heavy atom. The molecule has 8 heteroatoms. The third kappa shape index (κ3) is 4.22. The zero-order valence-corrected chi connectivity index (χ0v) is 16.1. The first-order valence-corrected chi connectivity index (χ1v) is 9.25. The van der Waals surface area contributed by atoms with Gasteiger partial charge >= 0.3 is 0 Å². The fraction of sp³-hybridized carbons (Fsp3) is 0.211. The summed E-state index contributed by atoms with van der Waals surface area (Å²) in [5.74, 6) is 0.720. The highest BCUT2D eigenvalue weighted by Gasteiger charge is 2.20. The van der Waals surface area contributed by atoms with Crippen molar-refractivity contribution in [2.24, 2.45) is 7.05 Å². The predicted octanol–water partition coefficient (Wildman–Crippen LogP) is 3.20. The number of phenolic OH excluding ortho intramolecular Hbond substituents is 1. The van der Waals surface area contributed by atoms with Gasteiger partial charge in [0.15, 0.2) is 11.0 Å². The normalized spacial score (nSPS) is 12.0. The van der Waals surface area contributed by atoms with Gasteiger partial charge < -0.3 is 20.7 Å². The Morgan fingerprint density at radius 3 is 2.63 bits per heavy atom. The number of amides is 1. The Kier molecular flexibility index (Phi) is 5.36. The van der Waals surface area contributed by atoms with Crippen LogP contribution < -0.4 is 11.1 Å². The maximum atomic E-state index is 12.5. The van der Waals surface area contributed by atoms with E-state index in [9.17, 15) is 9.90 Å². The standard InChI is InChI=1S/C19H21N5O2S/c1-11-4-7-14(20)10-16(11)21-18(26)12(2)27-19-23-22-17(24(19)3)13-5-8-15(25)9-6-13/h4-10,12,25H,20H2,1-3H3,(H,21,26). The average Bonchev–Trinajstić information content (AvgIpc) is 2.99. The van der Waals surface area contributed by atoms with Crippen LogP contribution in [0, 0.1) is 6.92 Å². The van der Waals surface area contributed by atoms with Gasteiger partial charge in [-0.05, 0) is 55.8 Å². The molecular formula is C19H21N5O2S. The van der Waals surface area contributed by atoms with E-state index in [4.69, 9.17) is 5.73 Å². The van der Waals surface area contributed by atoms with Crippen molar-refractivity contribution < 1.29 is 9.90 Å². The molecule has 27 heavy (non-hydrogen) atoms. The topological polar surface area (TPSA) is 106 Å². The summed E-state index contributed by atoms with van der Waals surface area (Å²) in [5.41, 5.74) is 8.88. The molecule has 1 heterocycles. The van der Waals surface area contributed by atoms with Crippen LogP contribution in [0.15, 0.2) is 47.6 Å². The maximum absolute atomic E-state index is 12.5. The summed E-state index contributed by atoms with van der Waals surface area (Å²) in [6.45, 7) is 3.73. The largest absolute Gasteiger partial charge is 0.508 e. The molecule has 0 radical (unpaired) electrons. The molecule has 3 aromatic rings. The Morgan fingerprint density at radius 2 is 1.93 bits per heavy atom. The van der Waals surface area contributed by atoms with Gasteiger partial charge in [0.05, 0.1) is 5.25 Å². The van der Waals surface area contributed by atoms with Crippen molar-refractivity contribution >= 4 is 29.0 Å². The van der Waals surface area contributed by atoms with Crippen molar-refractivity contribution in [3.8, 4) is 17.1 Å². The number of benzene rings is 2. The van der Waals surface area contributed by atoms with Gasteiger partial charge in [-0.1, -0.05) is 17.8 Å². The number of aryl methyl sites for hydroxylation is 1. The molecule has 7 nitrogen and oxygen atoms in total. The van der Waals surface area contributed by atoms with Crippen LogP contribution >= 0.6 is 11.8 Å². The van der Waals surface area contributed by atoms with Gasteiger partial charge in [0.1, 0.15) is 5.75 Å². The molecule has 1 atom stereocenters. The number of hydrogen-bond donors (Lipinski definition) is 3. The molecule has 1 aromatic heterocycles. The molecule has 0 saturated heterocycles. The quantitative estimate of drug-likeness (QED) is 0.461. The van der Waals surface area contributed by atoms with Gasteiger partial charge in [-0.25, -0.2) is 0 Å². The molecule has 3 rings (SSSR count). The summed E-state index contributed by atoms with van der Waals surface area (Å²) in [6.07, 6.45) is 0. The number of nitrogen functional groups attached to an aromatic ring is 1. The lowest BCUT2D eigenvalue weighted by Gasteiger charge is -2.13. The van der Waals surface area contributed by atoms with Crippen molar-refractivity contribution in [1.29, 1.82) is 0 Å². The van der Waals surface area contributed by atoms with E-state index in [-0.39, 0.29) is 16.9 Å². The third-order valence-corrected chi connectivity index (χ3v) is 5.27. The van der Waals surface area contributed by atoms with E-state index in [0.717, 1.165) is 11.1 Å². The van der Waals surface area contributed by atoms with Crippen molar-refractivity contribution in [2.45, 2.75) is 24.3 Å². The molecule has 1 amide bonds. The van der Waals surface area contributed by atoms with Crippen LogP contribution in [0.5, 0.6) is 5.75 Å². The number of nitrogens with one attached hydrogen (secondary N) is 1. The highest BCUT2D eigenvalue weighted by atomic mass is 32.2. The van der Waals surface area contributed by atoms with Gasteiger partial charge in [0.25, 0.3) is 0 Å². The zero-order chi connectivity index (χ0) is 19.6. The molecule has 4 N–H and O–H groups in total. The molecule has 0 aliphatic rings. The Labute approximate surface area is 161 Å². The molecule has 0 spiro atoms. The number of hydrogen-bond acceptors (Lipinski definition) is 6. The maximum Gasteiger partial charge on any atom is 0.237 e. The first-order chi connectivity index (χ1) is 12.8. The fourth-order valence-electron chi connectivity index (χ4n) is 2.50. The fourth-order valence-corrected chi connectivity index (χ4v) is 3.31. The van der Waals surface area contributed by atoms with E-state index in [2.05, 4.69) is 15.5 Å². The molecule has 0 saturated carbocycles. The molecule has 140 valence electrons. The van der Waals surface area contributed by atoms with Crippen molar-refractivity contribution in [3.05, 3.63) is 48.0 Å². The van der Waals surface area contributed by atoms with Crippen molar-refractivity contribution in [2.75, 3.05) is 11.1 Å². The molecule has 0 aliphatic heterocycles. The summed E-state index contributed by atoms with van der Waals surface area (Å²) in [5, 5.41) is 21.0. The van der Waals surface area contributed by atoms with Crippen LogP contribution in [0.1, 0.15) is 12.5 Å². The molecule has 1 unspecified atom stereocenters. The molecule has 0 aliphatic carbocycles. The lowest BCUT2D eigenvalue weighted by molar-refractivity contribution is -0.115. The second-order valence-corrected chi connectivity index (χ2v) is 7.54. The Hall–Kier alpha value is -3.00. The monoisotopic (exact) mass is 383 g/mol. The second kappa shape index (κ2) is 7.71. The number of thioether (sulfide) groups is 1. The summed E-state index contributed by atoms with van der Waals surface area (Å²) >= 11 is 1.32. The summed E-state index contributed by atoms with van der Waals surface area (Å²) in [7, 11) is 1.84. The van der Waals surface area contributed by atoms with Crippen LogP contribution in [-0.4, -0.2) is 31.0 Å². The zero-order valence-electron chi connectivity index (χ0n) is 15.3. The summed E-state index contributed by atoms with van der Waals surface area (Å²) in [6, 6.07) is 12.2. The van der Waals surface area contributed by atoms with Crippen molar-refractivity contribution in [3.63, 3.8) is 0 Å². The number of nitrogens with two attached hydrogens (primary N) is 1. The number of aromatic nitrogens is 3. The SMILES string of the molecule is Cc1ccc(N)cc1NC(=O)C(C)Sc1nnc(-c2ccc(O)cc2)n1C. The highest BCUT2D eigenvalue weighted by Crippen LogP contribution is 2.27.